The topological polar surface area (TPSA) is 91.7 Å². The van der Waals surface area contributed by atoms with Crippen molar-refractivity contribution in [3.8, 4) is 0 Å². The first-order chi connectivity index (χ1) is 11.4. The van der Waals surface area contributed by atoms with E-state index in [9.17, 15) is 18.8 Å². The summed E-state index contributed by atoms with van der Waals surface area (Å²) in [4.78, 5) is 35.8. The van der Waals surface area contributed by atoms with Crippen molar-refractivity contribution >= 4 is 23.4 Å². The first-order valence-corrected chi connectivity index (χ1v) is 7.85. The third-order valence-electron chi connectivity index (χ3n) is 3.44. The van der Waals surface area contributed by atoms with Gasteiger partial charge in [-0.15, -0.1) is 0 Å². The van der Waals surface area contributed by atoms with Crippen molar-refractivity contribution < 1.29 is 23.7 Å². The normalized spacial score (nSPS) is 14.6. The predicted molar refractivity (Wildman–Crippen MR) is 85.8 cm³/mol. The maximum atomic E-state index is 12.8. The summed E-state index contributed by atoms with van der Waals surface area (Å²) in [5.41, 5.74) is 0.454. The van der Waals surface area contributed by atoms with Crippen molar-refractivity contribution in [3.05, 3.63) is 30.1 Å². The Bertz CT molecular complexity index is 602. The number of amides is 3. The number of likely N-dealkylation sites (N-methyl/N-ethyl adjacent to an activating group) is 1. The third-order valence-corrected chi connectivity index (χ3v) is 3.44. The molecule has 2 rings (SSSR count). The summed E-state index contributed by atoms with van der Waals surface area (Å²) in [5.74, 6) is -1.19. The molecule has 1 atom stereocenters. The second kappa shape index (κ2) is 8.39. The predicted octanol–water partition coefficient (Wildman–Crippen LogP) is -1.33. The fraction of sp³-hybridized carbons (Fsp3) is 0.438. The van der Waals surface area contributed by atoms with Crippen molar-refractivity contribution in [2.24, 2.45) is 0 Å². The van der Waals surface area contributed by atoms with Crippen LogP contribution in [0.5, 0.6) is 0 Å². The highest BCUT2D eigenvalue weighted by atomic mass is 19.1. The first-order valence-electron chi connectivity index (χ1n) is 7.85. The molecule has 1 aromatic carbocycles. The molecule has 24 heavy (non-hydrogen) atoms. The van der Waals surface area contributed by atoms with Crippen molar-refractivity contribution in [3.63, 3.8) is 0 Å². The van der Waals surface area contributed by atoms with E-state index in [4.69, 9.17) is 0 Å². The lowest BCUT2D eigenvalue weighted by Gasteiger charge is -2.13. The highest BCUT2D eigenvalue weighted by Crippen LogP contribution is 2.17. The molecule has 7 nitrogen and oxygen atoms in total. The summed E-state index contributed by atoms with van der Waals surface area (Å²) in [6.45, 7) is 0.130. The van der Waals surface area contributed by atoms with Crippen molar-refractivity contribution in [1.82, 2.24) is 10.6 Å². The molecule has 4 N–H and O–H groups in total. The van der Waals surface area contributed by atoms with Gasteiger partial charge in [-0.2, -0.15) is 0 Å². The van der Waals surface area contributed by atoms with Gasteiger partial charge in [0.05, 0.1) is 13.6 Å². The average molecular weight is 337 g/mol. The lowest BCUT2D eigenvalue weighted by atomic mass is 10.3. The zero-order chi connectivity index (χ0) is 17.5. The number of anilines is 1. The van der Waals surface area contributed by atoms with Crippen LogP contribution in [0.15, 0.2) is 24.3 Å². The lowest BCUT2D eigenvalue weighted by Crippen LogP contribution is -3.11. The molecular weight excluding hydrogens is 315 g/mol. The Balaban J connectivity index is 1.63. The summed E-state index contributed by atoms with van der Waals surface area (Å²) >= 11 is 0. The highest BCUT2D eigenvalue weighted by Gasteiger charge is 2.24. The molecule has 1 fully saturated rings. The van der Waals surface area contributed by atoms with Gasteiger partial charge in [-0.3, -0.25) is 14.4 Å². The molecule has 1 aliphatic rings. The van der Waals surface area contributed by atoms with Crippen LogP contribution in [0.2, 0.25) is 0 Å². The third kappa shape index (κ3) is 6.74. The Morgan fingerprint density at radius 2 is 1.71 bits per heavy atom. The summed E-state index contributed by atoms with van der Waals surface area (Å²) in [7, 11) is 1.74. The largest absolute Gasteiger partial charge is 0.348 e. The van der Waals surface area contributed by atoms with Gasteiger partial charge in [-0.1, -0.05) is 0 Å². The Labute approximate surface area is 139 Å². The SMILES string of the molecule is C[NH+](CC(=O)NCC(=O)Nc1ccc(F)cc1)CC(=O)NC1CC1. The number of hydrogen-bond acceptors (Lipinski definition) is 3. The van der Waals surface area contributed by atoms with E-state index in [1.54, 1.807) is 7.05 Å². The van der Waals surface area contributed by atoms with E-state index in [-0.39, 0.29) is 31.4 Å². The van der Waals surface area contributed by atoms with E-state index >= 15 is 0 Å². The number of carbonyl (C=O) groups is 3. The summed E-state index contributed by atoms with van der Waals surface area (Å²) < 4.78 is 12.8. The molecular formula is C16H22FN4O3+. The number of halogens is 1. The highest BCUT2D eigenvalue weighted by molar-refractivity contribution is 5.94. The molecule has 0 aliphatic heterocycles. The van der Waals surface area contributed by atoms with Crippen molar-refractivity contribution in [2.75, 3.05) is 32.0 Å². The van der Waals surface area contributed by atoms with Crippen LogP contribution in [-0.2, 0) is 14.4 Å². The number of rotatable bonds is 8. The van der Waals surface area contributed by atoms with E-state index in [2.05, 4.69) is 16.0 Å². The zero-order valence-electron chi connectivity index (χ0n) is 13.5. The smallest absolute Gasteiger partial charge is 0.275 e. The summed E-state index contributed by atoms with van der Waals surface area (Å²) in [6, 6.07) is 5.64. The van der Waals surface area contributed by atoms with Gasteiger partial charge in [0.25, 0.3) is 11.8 Å². The fourth-order valence-electron chi connectivity index (χ4n) is 2.10. The van der Waals surface area contributed by atoms with Crippen molar-refractivity contribution in [2.45, 2.75) is 18.9 Å². The number of carbonyl (C=O) groups excluding carboxylic acids is 3. The number of quaternary nitrogens is 1. The van der Waals surface area contributed by atoms with Crippen LogP contribution in [0, 0.1) is 5.82 Å². The van der Waals surface area contributed by atoms with Gasteiger partial charge in [-0.05, 0) is 37.1 Å². The Kier molecular flexibility index (Phi) is 6.25. The van der Waals surface area contributed by atoms with E-state index in [0.717, 1.165) is 17.7 Å². The van der Waals surface area contributed by atoms with Crippen LogP contribution in [0.25, 0.3) is 0 Å². The number of benzene rings is 1. The zero-order valence-corrected chi connectivity index (χ0v) is 13.5. The molecule has 130 valence electrons. The molecule has 0 radical (unpaired) electrons. The molecule has 1 unspecified atom stereocenters. The van der Waals surface area contributed by atoms with Gasteiger partial charge in [0, 0.05) is 11.7 Å². The minimum absolute atomic E-state index is 0.0724. The number of nitrogens with one attached hydrogen (secondary N) is 4. The molecule has 1 aliphatic carbocycles. The van der Waals surface area contributed by atoms with Gasteiger partial charge < -0.3 is 20.9 Å². The van der Waals surface area contributed by atoms with Crippen molar-refractivity contribution in [1.29, 1.82) is 0 Å². The summed E-state index contributed by atoms with van der Waals surface area (Å²) in [5, 5.41) is 7.90. The first kappa shape index (κ1) is 17.9. The van der Waals surface area contributed by atoms with Crippen LogP contribution in [0.1, 0.15) is 12.8 Å². The van der Waals surface area contributed by atoms with Crippen LogP contribution >= 0.6 is 0 Å². The molecule has 0 bridgehead atoms. The molecule has 0 saturated heterocycles. The minimum atomic E-state index is -0.404. The maximum absolute atomic E-state index is 12.8. The standard InChI is InChI=1S/C16H21FN4O3/c1-21(10-16(24)20-13-6-7-13)9-15(23)18-8-14(22)19-12-4-2-11(17)3-5-12/h2-5,13H,6-10H2,1H3,(H,18,23)(H,19,22)(H,20,24)/p+1. The molecule has 1 aromatic rings. The minimum Gasteiger partial charge on any atom is -0.348 e. The second-order valence-electron chi connectivity index (χ2n) is 5.98. The summed E-state index contributed by atoms with van der Waals surface area (Å²) in [6.07, 6.45) is 2.04. The Morgan fingerprint density at radius 3 is 2.33 bits per heavy atom. The second-order valence-corrected chi connectivity index (χ2v) is 5.98. The quantitative estimate of drug-likeness (QED) is 0.474. The van der Waals surface area contributed by atoms with Crippen LogP contribution < -0.4 is 20.9 Å². The monoisotopic (exact) mass is 337 g/mol. The molecule has 1 saturated carbocycles. The Morgan fingerprint density at radius 1 is 1.08 bits per heavy atom. The van der Waals surface area contributed by atoms with Crippen LogP contribution in [-0.4, -0.2) is 50.4 Å². The van der Waals surface area contributed by atoms with Crippen LogP contribution in [0.4, 0.5) is 10.1 Å². The molecule has 0 spiro atoms. The average Bonchev–Trinajstić information content (AvgIpc) is 3.31. The van der Waals surface area contributed by atoms with E-state index < -0.39 is 11.7 Å². The van der Waals surface area contributed by atoms with Gasteiger partial charge in [0.1, 0.15) is 5.82 Å². The number of hydrogen-bond donors (Lipinski definition) is 4. The van der Waals surface area contributed by atoms with Crippen LogP contribution in [0.3, 0.4) is 0 Å². The van der Waals surface area contributed by atoms with Gasteiger partial charge in [0.15, 0.2) is 13.1 Å². The van der Waals surface area contributed by atoms with Gasteiger partial charge >= 0.3 is 0 Å². The molecule has 0 aromatic heterocycles. The van der Waals surface area contributed by atoms with Gasteiger partial charge in [0.2, 0.25) is 5.91 Å². The maximum Gasteiger partial charge on any atom is 0.275 e. The molecule has 8 heteroatoms. The van der Waals surface area contributed by atoms with E-state index in [1.807, 2.05) is 0 Å². The van der Waals surface area contributed by atoms with E-state index in [0.29, 0.717) is 11.7 Å². The van der Waals surface area contributed by atoms with E-state index in [1.165, 1.54) is 24.3 Å². The lowest BCUT2D eigenvalue weighted by molar-refractivity contribution is -0.862. The van der Waals surface area contributed by atoms with Gasteiger partial charge in [-0.25, -0.2) is 4.39 Å². The molecule has 0 heterocycles. The fourth-order valence-corrected chi connectivity index (χ4v) is 2.10. The Hall–Kier alpha value is -2.48. The molecule has 3 amide bonds.